The highest BCUT2D eigenvalue weighted by molar-refractivity contribution is 5.92. The van der Waals surface area contributed by atoms with E-state index in [1.807, 2.05) is 74.5 Å². The van der Waals surface area contributed by atoms with Crippen LogP contribution in [0.4, 0.5) is 4.79 Å². The minimum absolute atomic E-state index is 0.0431. The molecule has 46 heavy (non-hydrogen) atoms. The van der Waals surface area contributed by atoms with Crippen LogP contribution in [0.15, 0.2) is 72.8 Å². The normalized spacial score (nSPS) is 16.5. The third-order valence-corrected chi connectivity index (χ3v) is 7.46. The van der Waals surface area contributed by atoms with E-state index < -0.39 is 42.0 Å². The van der Waals surface area contributed by atoms with Crippen molar-refractivity contribution in [2.75, 3.05) is 13.2 Å². The molecule has 1 heterocycles. The number of carbonyl (C=O) groups excluding carboxylic acids is 5. The second-order valence-corrected chi connectivity index (χ2v) is 11.7. The highest BCUT2D eigenvalue weighted by Gasteiger charge is 2.31. The van der Waals surface area contributed by atoms with E-state index in [9.17, 15) is 24.0 Å². The van der Waals surface area contributed by atoms with Crippen LogP contribution >= 0.6 is 0 Å². The van der Waals surface area contributed by atoms with E-state index in [0.29, 0.717) is 19.4 Å². The van der Waals surface area contributed by atoms with Crippen molar-refractivity contribution in [1.29, 1.82) is 0 Å². The Balaban J connectivity index is 1.77. The summed E-state index contributed by atoms with van der Waals surface area (Å²) < 4.78 is 10.3. The molecule has 2 aromatic rings. The summed E-state index contributed by atoms with van der Waals surface area (Å²) in [5.41, 5.74) is 1.61. The summed E-state index contributed by atoms with van der Waals surface area (Å²) in [6, 6.07) is 15.8. The predicted octanol–water partition coefficient (Wildman–Crippen LogP) is 3.58. The van der Waals surface area contributed by atoms with E-state index in [2.05, 4.69) is 21.3 Å². The highest BCUT2D eigenvalue weighted by Crippen LogP contribution is 2.19. The van der Waals surface area contributed by atoms with Crippen LogP contribution in [0.2, 0.25) is 0 Å². The average molecular weight is 635 g/mol. The predicted molar refractivity (Wildman–Crippen MR) is 173 cm³/mol. The minimum Gasteiger partial charge on any atom is -0.463 e. The lowest BCUT2D eigenvalue weighted by molar-refractivity contribution is -0.137. The molecule has 0 spiro atoms. The Morgan fingerprint density at radius 3 is 2.17 bits per heavy atom. The molecule has 4 amide bonds. The number of carbonyl (C=O) groups is 5. The van der Waals surface area contributed by atoms with Crippen molar-refractivity contribution in [2.45, 2.75) is 77.6 Å². The minimum atomic E-state index is -1.02. The van der Waals surface area contributed by atoms with Crippen LogP contribution in [-0.4, -0.2) is 61.1 Å². The summed E-state index contributed by atoms with van der Waals surface area (Å²) in [6.07, 6.45) is 4.22. The van der Waals surface area contributed by atoms with Crippen molar-refractivity contribution in [3.63, 3.8) is 0 Å². The largest absolute Gasteiger partial charge is 0.463 e. The van der Waals surface area contributed by atoms with Crippen LogP contribution in [0.5, 0.6) is 0 Å². The van der Waals surface area contributed by atoms with E-state index >= 15 is 0 Å². The van der Waals surface area contributed by atoms with E-state index in [1.165, 1.54) is 12.2 Å². The number of hydrogen-bond donors (Lipinski definition) is 4. The van der Waals surface area contributed by atoms with Crippen molar-refractivity contribution in [3.05, 3.63) is 83.9 Å². The Bertz CT molecular complexity index is 1320. The number of hydrogen-bond acceptors (Lipinski definition) is 7. The quantitative estimate of drug-likeness (QED) is 0.163. The first-order valence-electron chi connectivity index (χ1n) is 15.9. The van der Waals surface area contributed by atoms with Crippen LogP contribution in [0, 0.1) is 11.8 Å². The maximum atomic E-state index is 13.8. The smallest absolute Gasteiger partial charge is 0.408 e. The molecule has 1 unspecified atom stereocenters. The molecule has 1 aliphatic heterocycles. The number of rotatable bonds is 16. The molecule has 0 saturated carbocycles. The van der Waals surface area contributed by atoms with Crippen molar-refractivity contribution in [3.8, 4) is 0 Å². The number of esters is 1. The molecule has 11 heteroatoms. The lowest BCUT2D eigenvalue weighted by Crippen LogP contribution is -2.56. The van der Waals surface area contributed by atoms with Gasteiger partial charge in [0.2, 0.25) is 17.7 Å². The second-order valence-electron chi connectivity index (χ2n) is 11.7. The summed E-state index contributed by atoms with van der Waals surface area (Å²) in [5.74, 6) is -2.01. The summed E-state index contributed by atoms with van der Waals surface area (Å²) in [7, 11) is 0. The molecule has 248 valence electrons. The van der Waals surface area contributed by atoms with E-state index in [0.717, 1.165) is 17.5 Å². The Hall–Kier alpha value is -4.67. The number of nitrogens with one attached hydrogen (secondary N) is 4. The maximum Gasteiger partial charge on any atom is 0.408 e. The van der Waals surface area contributed by atoms with Gasteiger partial charge in [0.05, 0.1) is 6.61 Å². The number of benzene rings is 2. The first kappa shape index (κ1) is 35.8. The molecule has 0 aliphatic carbocycles. The second kappa shape index (κ2) is 19.0. The number of ether oxygens (including phenoxy) is 2. The molecule has 11 nitrogen and oxygen atoms in total. The van der Waals surface area contributed by atoms with Gasteiger partial charge in [-0.15, -0.1) is 0 Å². The summed E-state index contributed by atoms with van der Waals surface area (Å²) in [4.78, 5) is 64.7. The molecular formula is C35H46N4O7. The Morgan fingerprint density at radius 2 is 1.54 bits per heavy atom. The van der Waals surface area contributed by atoms with E-state index in [-0.39, 0.29) is 43.8 Å². The fourth-order valence-corrected chi connectivity index (χ4v) is 5.16. The van der Waals surface area contributed by atoms with Gasteiger partial charge in [-0.1, -0.05) is 80.6 Å². The van der Waals surface area contributed by atoms with Gasteiger partial charge < -0.3 is 30.7 Å². The Labute approximate surface area is 270 Å². The van der Waals surface area contributed by atoms with Crippen LogP contribution in [0.3, 0.4) is 0 Å². The molecule has 1 saturated heterocycles. The monoisotopic (exact) mass is 634 g/mol. The first-order valence-corrected chi connectivity index (χ1v) is 15.9. The van der Waals surface area contributed by atoms with E-state index in [4.69, 9.17) is 9.47 Å². The van der Waals surface area contributed by atoms with Gasteiger partial charge in [-0.2, -0.15) is 0 Å². The van der Waals surface area contributed by atoms with Crippen molar-refractivity contribution < 1.29 is 33.4 Å². The molecule has 1 fully saturated rings. The molecule has 2 aromatic carbocycles. The van der Waals surface area contributed by atoms with Gasteiger partial charge in [-0.25, -0.2) is 9.59 Å². The average Bonchev–Trinajstić information content (AvgIpc) is 3.04. The van der Waals surface area contributed by atoms with Crippen molar-refractivity contribution in [1.82, 2.24) is 21.3 Å². The molecule has 0 radical (unpaired) electrons. The van der Waals surface area contributed by atoms with E-state index in [1.54, 1.807) is 6.92 Å². The van der Waals surface area contributed by atoms with Crippen LogP contribution < -0.4 is 21.3 Å². The van der Waals surface area contributed by atoms with Gasteiger partial charge in [0, 0.05) is 31.0 Å². The standard InChI is InChI=1S/C35H46N4O7/c1-4-45-31(40)18-17-28(22-27-16-11-19-36-32(27)41)37-33(42)30(21-25-12-7-5-8-13-25)38-34(43)29(20-24(2)3)39-35(44)46-23-26-14-9-6-10-15-26/h5-10,12-15,17-18,24,27-30H,4,11,16,19-23H2,1-3H3,(H,36,41)(H,37,42)(H,38,43)(H,39,44)/b18-17+/t27-,28?,29-,30-/m0/s1. The van der Waals surface area contributed by atoms with Crippen LogP contribution in [0.1, 0.15) is 57.6 Å². The summed E-state index contributed by atoms with van der Waals surface area (Å²) in [5, 5.41) is 11.3. The molecule has 3 rings (SSSR count). The number of alkyl carbamates (subject to hydrolysis) is 1. The topological polar surface area (TPSA) is 152 Å². The first-order chi connectivity index (χ1) is 22.1. The third kappa shape index (κ3) is 12.7. The van der Waals surface area contributed by atoms with Gasteiger partial charge in [0.25, 0.3) is 0 Å². The lowest BCUT2D eigenvalue weighted by Gasteiger charge is -2.28. The molecule has 4 N–H and O–H groups in total. The molecule has 0 bridgehead atoms. The van der Waals surface area contributed by atoms with Gasteiger partial charge >= 0.3 is 12.1 Å². The zero-order chi connectivity index (χ0) is 33.3. The highest BCUT2D eigenvalue weighted by atomic mass is 16.5. The lowest BCUT2D eigenvalue weighted by atomic mass is 9.91. The molecule has 4 atom stereocenters. The van der Waals surface area contributed by atoms with Gasteiger partial charge in [-0.3, -0.25) is 14.4 Å². The Morgan fingerprint density at radius 1 is 0.891 bits per heavy atom. The summed E-state index contributed by atoms with van der Waals surface area (Å²) in [6.45, 7) is 6.38. The Kier molecular flexibility index (Phi) is 14.8. The van der Waals surface area contributed by atoms with Gasteiger partial charge in [-0.05, 0) is 49.7 Å². The SMILES string of the molecule is CCOC(=O)/C=C/C(C[C@@H]1CCCNC1=O)NC(=O)[C@H](Cc1ccccc1)NC(=O)[C@H](CC(C)C)NC(=O)OCc1ccccc1. The van der Waals surface area contributed by atoms with Gasteiger partial charge in [0.15, 0.2) is 0 Å². The van der Waals surface area contributed by atoms with Crippen molar-refractivity contribution in [2.24, 2.45) is 11.8 Å². The number of piperidine rings is 1. The zero-order valence-corrected chi connectivity index (χ0v) is 26.8. The summed E-state index contributed by atoms with van der Waals surface area (Å²) >= 11 is 0. The van der Waals surface area contributed by atoms with Crippen LogP contribution in [0.25, 0.3) is 0 Å². The maximum absolute atomic E-state index is 13.8. The molecule has 0 aromatic heterocycles. The molecule has 1 aliphatic rings. The fourth-order valence-electron chi connectivity index (χ4n) is 5.16. The third-order valence-electron chi connectivity index (χ3n) is 7.46. The zero-order valence-electron chi connectivity index (χ0n) is 26.8. The number of amides is 4. The van der Waals surface area contributed by atoms with Gasteiger partial charge in [0.1, 0.15) is 18.7 Å². The van der Waals surface area contributed by atoms with Crippen molar-refractivity contribution >= 4 is 29.8 Å². The molecular weight excluding hydrogens is 588 g/mol. The van der Waals surface area contributed by atoms with Crippen LogP contribution in [-0.2, 0) is 41.7 Å². The fraction of sp³-hybridized carbons (Fsp3) is 0.457.